The van der Waals surface area contributed by atoms with Crippen molar-refractivity contribution in [3.8, 4) is 5.75 Å². The van der Waals surface area contributed by atoms with E-state index in [4.69, 9.17) is 4.74 Å². The number of benzene rings is 1. The molecule has 0 aromatic heterocycles. The Morgan fingerprint density at radius 3 is 3.05 bits per heavy atom. The molecule has 21 heavy (non-hydrogen) atoms. The number of hydrogen-bond acceptors (Lipinski definition) is 3. The Hall–Kier alpha value is -0.870. The molecule has 4 heteroatoms. The standard InChI is InChI=1S/C17H22BrNO2/c1-2-5-17(6-3-7-19-17)15(20)11-13-10-14(18)9-12-4-8-21-16(12)13/h9-10,19H,2-8,11H2,1H3. The summed E-state index contributed by atoms with van der Waals surface area (Å²) in [7, 11) is 0. The minimum Gasteiger partial charge on any atom is -0.493 e. The van der Waals surface area contributed by atoms with Gasteiger partial charge in [-0.25, -0.2) is 0 Å². The molecule has 0 bridgehead atoms. The Morgan fingerprint density at radius 2 is 2.33 bits per heavy atom. The fourth-order valence-corrected chi connectivity index (χ4v) is 4.20. The number of Topliss-reactive ketones (excluding diaryl/α,β-unsaturated/α-hetero) is 1. The highest BCUT2D eigenvalue weighted by molar-refractivity contribution is 9.10. The van der Waals surface area contributed by atoms with E-state index in [2.05, 4.69) is 34.2 Å². The second kappa shape index (κ2) is 6.09. The van der Waals surface area contributed by atoms with Crippen molar-refractivity contribution in [3.05, 3.63) is 27.7 Å². The summed E-state index contributed by atoms with van der Waals surface area (Å²) < 4.78 is 6.79. The zero-order valence-corrected chi connectivity index (χ0v) is 14.1. The molecule has 0 amide bonds. The molecule has 2 aliphatic rings. The third-order valence-electron chi connectivity index (χ3n) is 4.63. The topological polar surface area (TPSA) is 38.3 Å². The number of nitrogens with one attached hydrogen (secondary N) is 1. The van der Waals surface area contributed by atoms with Gasteiger partial charge in [-0.05, 0) is 43.5 Å². The van der Waals surface area contributed by atoms with E-state index in [-0.39, 0.29) is 5.54 Å². The number of hydrogen-bond donors (Lipinski definition) is 1. The fraction of sp³-hybridized carbons (Fsp3) is 0.588. The van der Waals surface area contributed by atoms with E-state index >= 15 is 0 Å². The van der Waals surface area contributed by atoms with Gasteiger partial charge in [0, 0.05) is 22.9 Å². The minimum atomic E-state index is -0.303. The number of carbonyl (C=O) groups excluding carboxylic acids is 1. The van der Waals surface area contributed by atoms with Crippen LogP contribution < -0.4 is 10.1 Å². The smallest absolute Gasteiger partial charge is 0.157 e. The van der Waals surface area contributed by atoms with Crippen LogP contribution >= 0.6 is 15.9 Å². The van der Waals surface area contributed by atoms with Crippen LogP contribution in [0.5, 0.6) is 5.75 Å². The summed E-state index contributed by atoms with van der Waals surface area (Å²) in [5.41, 5.74) is 1.95. The second-order valence-electron chi connectivity index (χ2n) is 6.11. The summed E-state index contributed by atoms with van der Waals surface area (Å²) in [6, 6.07) is 4.14. The lowest BCUT2D eigenvalue weighted by molar-refractivity contribution is -0.124. The summed E-state index contributed by atoms with van der Waals surface area (Å²) in [6.07, 6.45) is 5.44. The van der Waals surface area contributed by atoms with Crippen molar-refractivity contribution in [2.75, 3.05) is 13.2 Å². The van der Waals surface area contributed by atoms with E-state index in [1.165, 1.54) is 5.56 Å². The fourth-order valence-electron chi connectivity index (χ4n) is 3.64. The average molecular weight is 352 g/mol. The molecule has 1 atom stereocenters. The minimum absolute atomic E-state index is 0.303. The first-order valence-electron chi connectivity index (χ1n) is 7.87. The van der Waals surface area contributed by atoms with Crippen LogP contribution in [0.2, 0.25) is 0 Å². The first-order valence-corrected chi connectivity index (χ1v) is 8.66. The Balaban J connectivity index is 1.85. The van der Waals surface area contributed by atoms with E-state index in [1.54, 1.807) is 0 Å². The van der Waals surface area contributed by atoms with E-state index < -0.39 is 0 Å². The van der Waals surface area contributed by atoms with Crippen LogP contribution in [0.3, 0.4) is 0 Å². The van der Waals surface area contributed by atoms with Crippen LogP contribution in [0.1, 0.15) is 43.7 Å². The van der Waals surface area contributed by atoms with E-state index in [1.807, 2.05) is 6.07 Å². The molecule has 3 nitrogen and oxygen atoms in total. The second-order valence-corrected chi connectivity index (χ2v) is 7.03. The predicted molar refractivity (Wildman–Crippen MR) is 86.9 cm³/mol. The van der Waals surface area contributed by atoms with E-state index in [0.717, 1.165) is 61.0 Å². The van der Waals surface area contributed by atoms with E-state index in [9.17, 15) is 4.79 Å². The van der Waals surface area contributed by atoms with Gasteiger partial charge in [0.15, 0.2) is 5.78 Å². The van der Waals surface area contributed by atoms with Crippen LogP contribution in [0, 0.1) is 0 Å². The quantitative estimate of drug-likeness (QED) is 0.883. The van der Waals surface area contributed by atoms with Gasteiger partial charge in [0.05, 0.1) is 12.1 Å². The molecule has 1 N–H and O–H groups in total. The number of halogens is 1. The summed E-state index contributed by atoms with van der Waals surface area (Å²) >= 11 is 3.55. The number of ketones is 1. The molecule has 0 spiro atoms. The molecule has 114 valence electrons. The highest BCUT2D eigenvalue weighted by Gasteiger charge is 2.39. The summed E-state index contributed by atoms with van der Waals surface area (Å²) in [4.78, 5) is 12.9. The predicted octanol–water partition coefficient (Wildman–Crippen LogP) is 3.42. The van der Waals surface area contributed by atoms with Crippen molar-refractivity contribution >= 4 is 21.7 Å². The van der Waals surface area contributed by atoms with Crippen molar-refractivity contribution in [1.82, 2.24) is 5.32 Å². The Labute approximate surface area is 134 Å². The van der Waals surface area contributed by atoms with Crippen LogP contribution in [-0.2, 0) is 17.6 Å². The maximum atomic E-state index is 12.9. The van der Waals surface area contributed by atoms with Crippen molar-refractivity contribution in [3.63, 3.8) is 0 Å². The average Bonchev–Trinajstić information content (AvgIpc) is 3.08. The third kappa shape index (κ3) is 2.88. The lowest BCUT2D eigenvalue weighted by atomic mass is 9.84. The lowest BCUT2D eigenvalue weighted by Crippen LogP contribution is -2.48. The number of rotatable bonds is 5. The van der Waals surface area contributed by atoms with Gasteiger partial charge < -0.3 is 10.1 Å². The molecule has 0 radical (unpaired) electrons. The normalized spacial score (nSPS) is 23.9. The van der Waals surface area contributed by atoms with Crippen molar-refractivity contribution in [2.24, 2.45) is 0 Å². The summed E-state index contributed by atoms with van der Waals surface area (Å²) in [5.74, 6) is 1.26. The van der Waals surface area contributed by atoms with Crippen LogP contribution in [0.25, 0.3) is 0 Å². The molecule has 2 heterocycles. The Morgan fingerprint density at radius 1 is 1.48 bits per heavy atom. The molecule has 3 rings (SSSR count). The molecular weight excluding hydrogens is 330 g/mol. The molecule has 2 aliphatic heterocycles. The van der Waals surface area contributed by atoms with Gasteiger partial charge in [-0.1, -0.05) is 29.3 Å². The molecule has 1 aromatic rings. The zero-order valence-electron chi connectivity index (χ0n) is 12.5. The molecule has 1 fully saturated rings. The highest BCUT2D eigenvalue weighted by atomic mass is 79.9. The van der Waals surface area contributed by atoms with Crippen LogP contribution in [0.15, 0.2) is 16.6 Å². The lowest BCUT2D eigenvalue weighted by Gasteiger charge is -2.28. The molecule has 1 unspecified atom stereocenters. The molecule has 1 saturated heterocycles. The van der Waals surface area contributed by atoms with Gasteiger partial charge in [-0.3, -0.25) is 4.79 Å². The number of carbonyl (C=O) groups is 1. The number of ether oxygens (including phenoxy) is 1. The summed E-state index contributed by atoms with van der Waals surface area (Å²) in [6.45, 7) is 3.83. The van der Waals surface area contributed by atoms with Crippen LogP contribution in [-0.4, -0.2) is 24.5 Å². The van der Waals surface area contributed by atoms with Crippen molar-refractivity contribution < 1.29 is 9.53 Å². The largest absolute Gasteiger partial charge is 0.493 e. The zero-order chi connectivity index (χ0) is 14.9. The van der Waals surface area contributed by atoms with Gasteiger partial charge in [-0.15, -0.1) is 0 Å². The maximum Gasteiger partial charge on any atom is 0.157 e. The van der Waals surface area contributed by atoms with Gasteiger partial charge >= 0.3 is 0 Å². The molecule has 0 aliphatic carbocycles. The Bertz CT molecular complexity index is 550. The number of fused-ring (bicyclic) bond motifs is 1. The Kier molecular flexibility index (Phi) is 4.36. The van der Waals surface area contributed by atoms with Crippen molar-refractivity contribution in [2.45, 2.75) is 51.0 Å². The SMILES string of the molecule is CCCC1(C(=O)Cc2cc(Br)cc3c2OCC3)CCCN1. The van der Waals surface area contributed by atoms with Gasteiger partial charge in [0.2, 0.25) is 0 Å². The van der Waals surface area contributed by atoms with E-state index in [0.29, 0.717) is 12.2 Å². The van der Waals surface area contributed by atoms with Crippen LogP contribution in [0.4, 0.5) is 0 Å². The van der Waals surface area contributed by atoms with Gasteiger partial charge in [0.1, 0.15) is 5.75 Å². The monoisotopic (exact) mass is 351 g/mol. The summed E-state index contributed by atoms with van der Waals surface area (Å²) in [5, 5.41) is 3.47. The highest BCUT2D eigenvalue weighted by Crippen LogP contribution is 2.35. The third-order valence-corrected chi connectivity index (χ3v) is 5.09. The van der Waals surface area contributed by atoms with Gasteiger partial charge in [0.25, 0.3) is 0 Å². The van der Waals surface area contributed by atoms with Crippen molar-refractivity contribution in [1.29, 1.82) is 0 Å². The maximum absolute atomic E-state index is 12.9. The van der Waals surface area contributed by atoms with Gasteiger partial charge in [-0.2, -0.15) is 0 Å². The molecule has 0 saturated carbocycles. The first-order chi connectivity index (χ1) is 10.1. The molecular formula is C17H22BrNO2. The first kappa shape index (κ1) is 15.0. The molecule has 1 aromatic carbocycles.